The fraction of sp³-hybridized carbons (Fsp3) is 0.300. The predicted octanol–water partition coefficient (Wildman–Crippen LogP) is 2.51. The first-order chi connectivity index (χ1) is 13.0. The zero-order valence-electron chi connectivity index (χ0n) is 15.4. The number of fused-ring (bicyclic) bond motifs is 2. The van der Waals surface area contributed by atoms with Crippen LogP contribution < -0.4 is 15.1 Å². The number of para-hydroxylation sites is 1. The van der Waals surface area contributed by atoms with Crippen molar-refractivity contribution in [2.24, 2.45) is 0 Å². The van der Waals surface area contributed by atoms with E-state index in [0.29, 0.717) is 18.1 Å². The third-order valence-electron chi connectivity index (χ3n) is 4.42. The molecule has 27 heavy (non-hydrogen) atoms. The molecule has 0 saturated carbocycles. The van der Waals surface area contributed by atoms with Crippen LogP contribution in [0.2, 0.25) is 5.02 Å². The Morgan fingerprint density at radius 2 is 1.81 bits per heavy atom. The van der Waals surface area contributed by atoms with E-state index >= 15 is 0 Å². The van der Waals surface area contributed by atoms with Crippen molar-refractivity contribution < 1.29 is 14.5 Å². The van der Waals surface area contributed by atoms with Crippen LogP contribution in [0.1, 0.15) is 13.8 Å². The van der Waals surface area contributed by atoms with E-state index in [1.165, 1.54) is 0 Å². The number of amides is 2. The van der Waals surface area contributed by atoms with E-state index in [1.54, 1.807) is 16.7 Å². The highest BCUT2D eigenvalue weighted by Crippen LogP contribution is 2.48. The monoisotopic (exact) mass is 404 g/mol. The number of likely N-dealkylation sites (N-methyl/N-ethyl adjacent to an activating group) is 2. The van der Waals surface area contributed by atoms with Gasteiger partial charge in [0.2, 0.25) is 0 Å². The van der Waals surface area contributed by atoms with Crippen LogP contribution in [0.4, 0.5) is 11.4 Å². The Morgan fingerprint density at radius 3 is 2.56 bits per heavy atom. The van der Waals surface area contributed by atoms with Crippen molar-refractivity contribution in [3.05, 3.63) is 47.5 Å². The molecule has 2 N–H and O–H groups in total. The van der Waals surface area contributed by atoms with Crippen LogP contribution in [0.25, 0.3) is 0 Å². The van der Waals surface area contributed by atoms with Crippen LogP contribution in [-0.2, 0) is 9.59 Å². The van der Waals surface area contributed by atoms with Crippen LogP contribution in [-0.4, -0.2) is 38.0 Å². The zero-order chi connectivity index (χ0) is 19.4. The van der Waals surface area contributed by atoms with Gasteiger partial charge in [0.1, 0.15) is 0 Å². The van der Waals surface area contributed by atoms with Gasteiger partial charge in [-0.3, -0.25) is 14.5 Å². The second-order valence-electron chi connectivity index (χ2n) is 6.32. The molecule has 0 fully saturated rings. The van der Waals surface area contributed by atoms with Gasteiger partial charge in [0.05, 0.1) is 17.9 Å². The summed E-state index contributed by atoms with van der Waals surface area (Å²) < 4.78 is 0. The Bertz CT molecular complexity index is 859. The largest absolute Gasteiger partial charge is 0.351 e. The lowest BCUT2D eigenvalue weighted by Gasteiger charge is -2.31. The molecule has 1 atom stereocenters. The topological polar surface area (TPSA) is 53.9 Å². The molecule has 142 valence electrons. The Morgan fingerprint density at radius 1 is 1.07 bits per heavy atom. The van der Waals surface area contributed by atoms with Gasteiger partial charge in [0.25, 0.3) is 11.8 Å². The number of carbonyl (C=O) groups is 2. The Labute approximate surface area is 168 Å². The van der Waals surface area contributed by atoms with Crippen molar-refractivity contribution in [1.29, 1.82) is 0 Å². The predicted molar refractivity (Wildman–Crippen MR) is 109 cm³/mol. The van der Waals surface area contributed by atoms with Gasteiger partial charge >= 0.3 is 0 Å². The summed E-state index contributed by atoms with van der Waals surface area (Å²) in [5.41, 5.74) is 1.65. The van der Waals surface area contributed by atoms with Crippen molar-refractivity contribution in [2.45, 2.75) is 23.6 Å². The molecule has 2 aromatic carbocycles. The molecule has 7 heteroatoms. The van der Waals surface area contributed by atoms with Gasteiger partial charge in [-0.25, -0.2) is 0 Å². The Balaban J connectivity index is 1.89. The number of nitrogens with zero attached hydrogens (tertiary/aromatic N) is 1. The van der Waals surface area contributed by atoms with Gasteiger partial charge in [-0.05, 0) is 44.2 Å². The summed E-state index contributed by atoms with van der Waals surface area (Å²) in [6.07, 6.45) is 0. The van der Waals surface area contributed by atoms with Gasteiger partial charge in [-0.2, -0.15) is 0 Å². The normalized spacial score (nSPS) is 13.5. The lowest BCUT2D eigenvalue weighted by molar-refractivity contribution is -0.881. The summed E-state index contributed by atoms with van der Waals surface area (Å²) >= 11 is 7.84. The molecule has 1 aliphatic heterocycles. The second-order valence-corrected chi connectivity index (χ2v) is 7.84. The van der Waals surface area contributed by atoms with E-state index in [4.69, 9.17) is 11.6 Å². The van der Waals surface area contributed by atoms with Crippen molar-refractivity contribution in [3.63, 3.8) is 0 Å². The molecule has 1 aliphatic rings. The van der Waals surface area contributed by atoms with Gasteiger partial charge in [0, 0.05) is 21.4 Å². The van der Waals surface area contributed by atoms with Gasteiger partial charge < -0.3 is 10.2 Å². The third-order valence-corrected chi connectivity index (χ3v) is 5.79. The molecular formula is C20H23ClN3O2S+. The van der Waals surface area contributed by atoms with E-state index in [9.17, 15) is 9.59 Å². The minimum atomic E-state index is -0.0487. The average Bonchev–Trinajstić information content (AvgIpc) is 2.65. The van der Waals surface area contributed by atoms with E-state index in [2.05, 4.69) is 5.32 Å². The smallest absolute Gasteiger partial charge is 0.286 e. The number of anilines is 2. The highest BCUT2D eigenvalue weighted by molar-refractivity contribution is 7.99. The molecule has 2 amide bonds. The number of benzene rings is 2. The SMILES string of the molecule is CCNC(=O)C[NH+](CC)CC(=O)N1c2ccccc2Sc2ccc(Cl)cc21. The zero-order valence-corrected chi connectivity index (χ0v) is 17.0. The Kier molecular flexibility index (Phi) is 6.42. The number of rotatable bonds is 6. The molecule has 0 aliphatic carbocycles. The van der Waals surface area contributed by atoms with E-state index in [1.807, 2.05) is 56.3 Å². The molecule has 0 radical (unpaired) electrons. The highest BCUT2D eigenvalue weighted by atomic mass is 35.5. The van der Waals surface area contributed by atoms with Gasteiger partial charge in [0.15, 0.2) is 13.1 Å². The maximum absolute atomic E-state index is 13.3. The van der Waals surface area contributed by atoms with Crippen LogP contribution in [0.5, 0.6) is 0 Å². The quantitative estimate of drug-likeness (QED) is 0.777. The van der Waals surface area contributed by atoms with Crippen LogP contribution in [0.15, 0.2) is 52.3 Å². The van der Waals surface area contributed by atoms with Gasteiger partial charge in [-0.15, -0.1) is 0 Å². The van der Waals surface area contributed by atoms with Gasteiger partial charge in [-0.1, -0.05) is 35.5 Å². The maximum Gasteiger partial charge on any atom is 0.286 e. The molecule has 0 saturated heterocycles. The molecule has 5 nitrogen and oxygen atoms in total. The summed E-state index contributed by atoms with van der Waals surface area (Å²) in [4.78, 5) is 29.9. The van der Waals surface area contributed by atoms with Crippen molar-refractivity contribution in [3.8, 4) is 0 Å². The number of hydrogen-bond donors (Lipinski definition) is 2. The van der Waals surface area contributed by atoms with Crippen LogP contribution >= 0.6 is 23.4 Å². The van der Waals surface area contributed by atoms with Crippen LogP contribution in [0, 0.1) is 0 Å². The van der Waals surface area contributed by atoms with E-state index in [-0.39, 0.29) is 24.9 Å². The summed E-state index contributed by atoms with van der Waals surface area (Å²) in [6, 6.07) is 13.5. The summed E-state index contributed by atoms with van der Waals surface area (Å²) in [5, 5.41) is 3.39. The van der Waals surface area contributed by atoms with Crippen molar-refractivity contribution >= 4 is 46.6 Å². The van der Waals surface area contributed by atoms with E-state index < -0.39 is 0 Å². The fourth-order valence-corrected chi connectivity index (χ4v) is 4.29. The highest BCUT2D eigenvalue weighted by Gasteiger charge is 2.30. The van der Waals surface area contributed by atoms with E-state index in [0.717, 1.165) is 26.1 Å². The molecule has 0 spiro atoms. The summed E-state index contributed by atoms with van der Waals surface area (Å²) in [7, 11) is 0. The first-order valence-electron chi connectivity index (χ1n) is 9.03. The number of carbonyl (C=O) groups excluding carboxylic acids is 2. The number of hydrogen-bond acceptors (Lipinski definition) is 3. The minimum absolute atomic E-state index is 0.0415. The molecule has 0 bridgehead atoms. The lowest BCUT2D eigenvalue weighted by atomic mass is 10.2. The molecule has 1 heterocycles. The molecule has 0 aromatic heterocycles. The maximum atomic E-state index is 13.3. The summed E-state index contributed by atoms with van der Waals surface area (Å²) in [5.74, 6) is -0.0902. The van der Waals surface area contributed by atoms with Crippen molar-refractivity contribution in [1.82, 2.24) is 5.32 Å². The first kappa shape index (κ1) is 19.7. The second kappa shape index (κ2) is 8.78. The fourth-order valence-electron chi connectivity index (χ4n) is 3.09. The minimum Gasteiger partial charge on any atom is -0.351 e. The molecule has 3 rings (SSSR count). The first-order valence-corrected chi connectivity index (χ1v) is 10.2. The lowest BCUT2D eigenvalue weighted by Crippen LogP contribution is -3.14. The number of halogens is 1. The third kappa shape index (κ3) is 4.46. The van der Waals surface area contributed by atoms with Crippen molar-refractivity contribution in [2.75, 3.05) is 31.1 Å². The molecule has 1 unspecified atom stereocenters. The van der Waals surface area contributed by atoms with Crippen LogP contribution in [0.3, 0.4) is 0 Å². The number of quaternary nitrogens is 1. The summed E-state index contributed by atoms with van der Waals surface area (Å²) in [6.45, 7) is 5.66. The average molecular weight is 405 g/mol. The molecule has 2 aromatic rings. The standard InChI is InChI=1S/C20H22ClN3O2S/c1-3-22-19(25)12-23(4-2)13-20(26)24-15-7-5-6-8-17(15)27-18-10-9-14(21)11-16(18)24/h5-11H,3-4,12-13H2,1-2H3,(H,22,25)/p+1. The Hall–Kier alpha value is -2.02. The number of nitrogens with one attached hydrogen (secondary N) is 2. The molecular weight excluding hydrogens is 382 g/mol.